The normalized spacial score (nSPS) is 11.4. The predicted molar refractivity (Wildman–Crippen MR) is 116 cm³/mol. The molecule has 2 aromatic carbocycles. The van der Waals surface area contributed by atoms with Crippen LogP contribution in [0.25, 0.3) is 28.5 Å². The molecule has 0 radical (unpaired) electrons. The minimum absolute atomic E-state index is 0.158. The maximum Gasteiger partial charge on any atom is 0.249 e. The first-order chi connectivity index (χ1) is 14.6. The summed E-state index contributed by atoms with van der Waals surface area (Å²) in [6.07, 6.45) is 3.97. The number of amides is 1. The molecule has 0 bridgehead atoms. The topological polar surface area (TPSA) is 72.4 Å². The smallest absolute Gasteiger partial charge is 0.249 e. The van der Waals surface area contributed by atoms with E-state index in [1.807, 2.05) is 55.5 Å². The molecule has 2 aromatic heterocycles. The second-order valence-electron chi connectivity index (χ2n) is 6.76. The molecular weight excluding hydrogens is 402 g/mol. The van der Waals surface area contributed by atoms with Crippen LogP contribution in [0.2, 0.25) is 5.02 Å². The van der Waals surface area contributed by atoms with Crippen molar-refractivity contribution in [1.82, 2.24) is 15.1 Å². The summed E-state index contributed by atoms with van der Waals surface area (Å²) in [5.74, 6) is 1.15. The molecule has 6 nitrogen and oxygen atoms in total. The molecule has 0 N–H and O–H groups in total. The summed E-state index contributed by atoms with van der Waals surface area (Å²) in [6.45, 7) is 2.79. The van der Waals surface area contributed by atoms with Crippen molar-refractivity contribution in [3.63, 3.8) is 0 Å². The van der Waals surface area contributed by atoms with E-state index in [2.05, 4.69) is 10.2 Å². The highest BCUT2D eigenvalue weighted by Gasteiger charge is 2.17. The molecule has 0 fully saturated rings. The van der Waals surface area contributed by atoms with Crippen molar-refractivity contribution >= 4 is 34.6 Å². The second kappa shape index (κ2) is 8.97. The first-order valence-electron chi connectivity index (χ1n) is 9.67. The number of furan rings is 1. The third-order valence-corrected chi connectivity index (χ3v) is 4.87. The van der Waals surface area contributed by atoms with Crippen LogP contribution in [-0.2, 0) is 11.3 Å². The van der Waals surface area contributed by atoms with Crippen LogP contribution in [0.3, 0.4) is 0 Å². The summed E-state index contributed by atoms with van der Waals surface area (Å²) in [5, 5.41) is 9.66. The van der Waals surface area contributed by atoms with Crippen molar-refractivity contribution in [3.8, 4) is 11.5 Å². The molecule has 30 heavy (non-hydrogen) atoms. The van der Waals surface area contributed by atoms with Gasteiger partial charge >= 0.3 is 0 Å². The quantitative estimate of drug-likeness (QED) is 0.364. The van der Waals surface area contributed by atoms with E-state index in [9.17, 15) is 4.79 Å². The Morgan fingerprint density at radius 3 is 2.70 bits per heavy atom. The lowest BCUT2D eigenvalue weighted by molar-refractivity contribution is -0.126. The van der Waals surface area contributed by atoms with Gasteiger partial charge in [0.05, 0.1) is 17.1 Å². The summed E-state index contributed by atoms with van der Waals surface area (Å²) in [5.41, 5.74) is 1.45. The Labute approximate surface area is 178 Å². The molecule has 4 rings (SSSR count). The number of nitrogens with zero attached hydrogens (tertiary/aromatic N) is 3. The molecule has 2 heterocycles. The minimum atomic E-state index is -0.158. The zero-order chi connectivity index (χ0) is 20.9. The van der Waals surface area contributed by atoms with Crippen LogP contribution >= 0.6 is 11.6 Å². The Bertz CT molecular complexity index is 1160. The van der Waals surface area contributed by atoms with Crippen molar-refractivity contribution in [1.29, 1.82) is 0 Å². The van der Waals surface area contributed by atoms with Gasteiger partial charge in [0.15, 0.2) is 0 Å². The number of hydrogen-bond donors (Lipinski definition) is 0. The van der Waals surface area contributed by atoms with Gasteiger partial charge in [-0.2, -0.15) is 0 Å². The van der Waals surface area contributed by atoms with Crippen molar-refractivity contribution in [2.75, 3.05) is 6.54 Å². The molecule has 0 saturated heterocycles. The standard InChI is InChI=1S/C23H20ClN3O3/c1-2-13-27(15-21-25-26-23(30-21)18-8-4-5-9-19(18)24)22(28)12-11-17-14-16-7-3-6-10-20(16)29-17/h3-12,14H,2,13,15H2,1H3/b12-11+. The number of aromatic nitrogens is 2. The number of hydrogen-bond acceptors (Lipinski definition) is 5. The van der Waals surface area contributed by atoms with Crippen LogP contribution in [0.1, 0.15) is 25.0 Å². The van der Waals surface area contributed by atoms with Gasteiger partial charge in [-0.25, -0.2) is 0 Å². The van der Waals surface area contributed by atoms with Crippen LogP contribution in [-0.4, -0.2) is 27.5 Å². The first kappa shape index (κ1) is 19.9. The van der Waals surface area contributed by atoms with Crippen LogP contribution in [0, 0.1) is 0 Å². The summed E-state index contributed by atoms with van der Waals surface area (Å²) >= 11 is 6.19. The van der Waals surface area contributed by atoms with Gasteiger partial charge in [-0.1, -0.05) is 48.9 Å². The third kappa shape index (κ3) is 4.44. The van der Waals surface area contributed by atoms with E-state index in [-0.39, 0.29) is 12.5 Å². The average molecular weight is 422 g/mol. The van der Waals surface area contributed by atoms with E-state index in [4.69, 9.17) is 20.4 Å². The zero-order valence-electron chi connectivity index (χ0n) is 16.4. The Kier molecular flexibility index (Phi) is 5.95. The number of carbonyl (C=O) groups is 1. The van der Waals surface area contributed by atoms with Gasteiger partial charge in [-0.05, 0) is 36.8 Å². The molecule has 4 aromatic rings. The molecule has 152 valence electrons. The minimum Gasteiger partial charge on any atom is -0.457 e. The lowest BCUT2D eigenvalue weighted by Gasteiger charge is -2.18. The fourth-order valence-electron chi connectivity index (χ4n) is 3.10. The fourth-order valence-corrected chi connectivity index (χ4v) is 3.32. The first-order valence-corrected chi connectivity index (χ1v) is 10.0. The van der Waals surface area contributed by atoms with Gasteiger partial charge < -0.3 is 13.7 Å². The molecule has 7 heteroatoms. The largest absolute Gasteiger partial charge is 0.457 e. The van der Waals surface area contributed by atoms with Gasteiger partial charge in [0.1, 0.15) is 11.3 Å². The van der Waals surface area contributed by atoms with Crippen LogP contribution in [0.15, 0.2) is 69.5 Å². The number of rotatable bonds is 7. The Hall–Kier alpha value is -3.38. The van der Waals surface area contributed by atoms with Crippen molar-refractivity contribution in [2.45, 2.75) is 19.9 Å². The van der Waals surface area contributed by atoms with Crippen molar-refractivity contribution in [2.24, 2.45) is 0 Å². The van der Waals surface area contributed by atoms with E-state index in [1.165, 1.54) is 6.08 Å². The van der Waals surface area contributed by atoms with E-state index in [1.54, 1.807) is 17.0 Å². The molecular formula is C23H20ClN3O3. The molecule has 0 saturated carbocycles. The summed E-state index contributed by atoms with van der Waals surface area (Å²) in [6, 6.07) is 16.9. The number of fused-ring (bicyclic) bond motifs is 1. The molecule has 0 atom stereocenters. The van der Waals surface area contributed by atoms with Crippen LogP contribution in [0.4, 0.5) is 0 Å². The summed E-state index contributed by atoms with van der Waals surface area (Å²) < 4.78 is 11.5. The van der Waals surface area contributed by atoms with Gasteiger partial charge in [0, 0.05) is 18.0 Å². The number of benzene rings is 2. The van der Waals surface area contributed by atoms with Gasteiger partial charge in [0.2, 0.25) is 17.7 Å². The number of halogens is 1. The maximum absolute atomic E-state index is 12.7. The highest BCUT2D eigenvalue weighted by molar-refractivity contribution is 6.33. The zero-order valence-corrected chi connectivity index (χ0v) is 17.2. The summed E-state index contributed by atoms with van der Waals surface area (Å²) in [4.78, 5) is 14.4. The molecule has 1 amide bonds. The van der Waals surface area contributed by atoms with Crippen LogP contribution < -0.4 is 0 Å². The Morgan fingerprint density at radius 1 is 1.10 bits per heavy atom. The highest BCUT2D eigenvalue weighted by Crippen LogP contribution is 2.26. The van der Waals surface area contributed by atoms with E-state index in [0.717, 1.165) is 17.4 Å². The van der Waals surface area contributed by atoms with Crippen molar-refractivity contribution < 1.29 is 13.6 Å². The second-order valence-corrected chi connectivity index (χ2v) is 7.17. The van der Waals surface area contributed by atoms with Gasteiger partial charge in [-0.15, -0.1) is 10.2 Å². The third-order valence-electron chi connectivity index (χ3n) is 4.54. The van der Waals surface area contributed by atoms with Gasteiger partial charge in [-0.3, -0.25) is 4.79 Å². The molecule has 0 aliphatic carbocycles. The number of carbonyl (C=O) groups excluding carboxylic acids is 1. The number of para-hydroxylation sites is 1. The van der Waals surface area contributed by atoms with Crippen molar-refractivity contribution in [3.05, 3.63) is 77.3 Å². The average Bonchev–Trinajstić information content (AvgIpc) is 3.38. The Morgan fingerprint density at radius 2 is 1.90 bits per heavy atom. The summed E-state index contributed by atoms with van der Waals surface area (Å²) in [7, 11) is 0. The molecule has 0 unspecified atom stereocenters. The van der Waals surface area contributed by atoms with E-state index < -0.39 is 0 Å². The highest BCUT2D eigenvalue weighted by atomic mass is 35.5. The van der Waals surface area contributed by atoms with E-state index >= 15 is 0 Å². The van der Waals surface area contributed by atoms with E-state index in [0.29, 0.717) is 34.7 Å². The lowest BCUT2D eigenvalue weighted by Crippen LogP contribution is -2.29. The van der Waals surface area contributed by atoms with Gasteiger partial charge in [0.25, 0.3) is 0 Å². The monoisotopic (exact) mass is 421 g/mol. The predicted octanol–water partition coefficient (Wildman–Crippen LogP) is 5.59. The molecule has 0 aliphatic heterocycles. The maximum atomic E-state index is 12.7. The fraction of sp³-hybridized carbons (Fsp3) is 0.174. The molecule has 0 aliphatic rings. The van der Waals surface area contributed by atoms with Crippen LogP contribution in [0.5, 0.6) is 0 Å². The lowest BCUT2D eigenvalue weighted by atomic mass is 10.2. The SMILES string of the molecule is CCCN(Cc1nnc(-c2ccccc2Cl)o1)C(=O)/C=C/c1cc2ccccc2o1. The Balaban J connectivity index is 1.48. The molecule has 0 spiro atoms.